The van der Waals surface area contributed by atoms with Crippen LogP contribution in [0, 0.1) is 10.8 Å². The molecule has 0 saturated carbocycles. The third-order valence-electron chi connectivity index (χ3n) is 6.43. The lowest BCUT2D eigenvalue weighted by Crippen LogP contribution is -2.46. The fourth-order valence-corrected chi connectivity index (χ4v) is 4.18. The molecule has 3 aromatic rings. The summed E-state index contributed by atoms with van der Waals surface area (Å²) in [6, 6.07) is 12.3. The zero-order chi connectivity index (χ0) is 29.2. The van der Waals surface area contributed by atoms with Crippen molar-refractivity contribution < 1.29 is 33.8 Å². The van der Waals surface area contributed by atoms with Crippen LogP contribution in [0.5, 0.6) is 5.88 Å². The van der Waals surface area contributed by atoms with Crippen LogP contribution in [0.3, 0.4) is 0 Å². The Morgan fingerprint density at radius 2 is 1.70 bits per heavy atom. The molecular formula is C28H27N5O7. The van der Waals surface area contributed by atoms with Crippen LogP contribution in [0.2, 0.25) is 0 Å². The highest BCUT2D eigenvalue weighted by Crippen LogP contribution is 2.31. The second-order valence-electron chi connectivity index (χ2n) is 9.76. The van der Waals surface area contributed by atoms with Crippen molar-refractivity contribution in [2.45, 2.75) is 19.9 Å². The number of benzene rings is 2. The number of carboxylic acid groups (broad SMARTS) is 1. The first-order valence-corrected chi connectivity index (χ1v) is 12.1. The summed E-state index contributed by atoms with van der Waals surface area (Å²) < 4.78 is 10.2. The number of amides is 2. The van der Waals surface area contributed by atoms with E-state index in [2.05, 4.69) is 15.6 Å². The van der Waals surface area contributed by atoms with Crippen molar-refractivity contribution in [3.05, 3.63) is 77.0 Å². The number of aromatic carboxylic acids is 1. The van der Waals surface area contributed by atoms with Gasteiger partial charge in [-0.05, 0) is 48.0 Å². The molecule has 0 bridgehead atoms. The molecule has 40 heavy (non-hydrogen) atoms. The molecule has 206 valence electrons. The van der Waals surface area contributed by atoms with Gasteiger partial charge < -0.3 is 30.9 Å². The van der Waals surface area contributed by atoms with E-state index in [1.165, 1.54) is 37.4 Å². The number of methoxy groups -OCH3 is 1. The lowest BCUT2D eigenvalue weighted by Gasteiger charge is -2.22. The highest BCUT2D eigenvalue weighted by molar-refractivity contribution is 6.10. The van der Waals surface area contributed by atoms with Crippen molar-refractivity contribution in [1.82, 2.24) is 10.3 Å². The van der Waals surface area contributed by atoms with E-state index in [0.29, 0.717) is 11.3 Å². The smallest absolute Gasteiger partial charge is 0.336 e. The predicted octanol–water partition coefficient (Wildman–Crippen LogP) is 2.67. The van der Waals surface area contributed by atoms with E-state index in [-0.39, 0.29) is 46.3 Å². The molecule has 2 amide bonds. The van der Waals surface area contributed by atoms with Crippen molar-refractivity contribution in [3.8, 4) is 17.0 Å². The van der Waals surface area contributed by atoms with Crippen LogP contribution in [0.1, 0.15) is 50.6 Å². The van der Waals surface area contributed by atoms with Gasteiger partial charge in [0.05, 0.1) is 19.3 Å². The highest BCUT2D eigenvalue weighted by Gasteiger charge is 2.44. The molecule has 0 unspecified atom stereocenters. The van der Waals surface area contributed by atoms with Gasteiger partial charge in [-0.1, -0.05) is 19.9 Å². The minimum absolute atomic E-state index is 0.00897. The number of ether oxygens (including phenoxy) is 2. The van der Waals surface area contributed by atoms with Gasteiger partial charge in [-0.2, -0.15) is 0 Å². The molecular weight excluding hydrogens is 518 g/mol. The van der Waals surface area contributed by atoms with Gasteiger partial charge in [-0.25, -0.2) is 14.6 Å². The van der Waals surface area contributed by atoms with Gasteiger partial charge in [0.25, 0.3) is 11.8 Å². The summed E-state index contributed by atoms with van der Waals surface area (Å²) in [6.07, 6.45) is 0. The van der Waals surface area contributed by atoms with Gasteiger partial charge in [0.15, 0.2) is 0 Å². The summed E-state index contributed by atoms with van der Waals surface area (Å²) in [6.45, 7) is 3.69. The first kappa shape index (κ1) is 27.8. The summed E-state index contributed by atoms with van der Waals surface area (Å²) in [5.41, 5.74) is 5.66. The van der Waals surface area contributed by atoms with E-state index < -0.39 is 35.2 Å². The maximum Gasteiger partial charge on any atom is 0.336 e. The topological polar surface area (TPSA) is 194 Å². The minimum Gasteiger partial charge on any atom is -0.481 e. The van der Waals surface area contributed by atoms with Gasteiger partial charge in [0.1, 0.15) is 17.6 Å². The molecule has 4 rings (SSSR count). The molecule has 0 aliphatic carbocycles. The van der Waals surface area contributed by atoms with Crippen LogP contribution in [0.4, 0.5) is 5.69 Å². The molecule has 1 aliphatic heterocycles. The number of cyclic esters (lactones) is 1. The number of pyridine rings is 1. The fourth-order valence-electron chi connectivity index (χ4n) is 4.18. The van der Waals surface area contributed by atoms with Gasteiger partial charge in [-0.3, -0.25) is 15.0 Å². The van der Waals surface area contributed by atoms with Crippen LogP contribution in [0.25, 0.3) is 11.1 Å². The third-order valence-corrected chi connectivity index (χ3v) is 6.43. The Balaban J connectivity index is 1.69. The molecule has 12 heteroatoms. The summed E-state index contributed by atoms with van der Waals surface area (Å²) >= 11 is 0. The summed E-state index contributed by atoms with van der Waals surface area (Å²) in [5, 5.41) is 22.8. The number of nitrogen functional groups attached to an aromatic ring is 1. The lowest BCUT2D eigenvalue weighted by atomic mass is 9.87. The van der Waals surface area contributed by atoms with Gasteiger partial charge in [-0.15, -0.1) is 0 Å². The molecule has 6 N–H and O–H groups in total. The number of rotatable bonds is 8. The number of carbonyl (C=O) groups excluding carboxylic acids is 3. The first-order chi connectivity index (χ1) is 18.9. The molecule has 1 saturated heterocycles. The standard InChI is InChI=1S/C28H27N5O7/c1-28(2)13-40-27(38)22(28)33-24(34)15-6-9-17(19(12-15)26(36)37)18-10-11-20(39-3)32-21(18)25(35)31-16-7-4-14(5-8-16)23(29)30/h4-12,22H,13H2,1-3H3,(H3,29,30)(H,31,35)(H,33,34)(H,36,37)/t22-/m1/s1. The maximum atomic E-state index is 13.3. The number of amidine groups is 1. The monoisotopic (exact) mass is 545 g/mol. The Morgan fingerprint density at radius 3 is 2.27 bits per heavy atom. The number of hydrogen-bond acceptors (Lipinski definition) is 8. The van der Waals surface area contributed by atoms with Crippen molar-refractivity contribution in [2.24, 2.45) is 11.1 Å². The second-order valence-corrected chi connectivity index (χ2v) is 9.76. The van der Waals surface area contributed by atoms with Crippen LogP contribution in [0.15, 0.2) is 54.6 Å². The first-order valence-electron chi connectivity index (χ1n) is 12.1. The van der Waals surface area contributed by atoms with Crippen LogP contribution in [-0.2, 0) is 9.53 Å². The number of nitrogens with one attached hydrogen (secondary N) is 3. The molecule has 2 heterocycles. The van der Waals surface area contributed by atoms with Crippen molar-refractivity contribution in [2.75, 3.05) is 19.0 Å². The number of nitrogens with two attached hydrogens (primary N) is 1. The Bertz CT molecular complexity index is 1530. The number of carbonyl (C=O) groups is 4. The van der Waals surface area contributed by atoms with Gasteiger partial charge in [0, 0.05) is 33.9 Å². The second kappa shape index (κ2) is 10.8. The van der Waals surface area contributed by atoms with E-state index >= 15 is 0 Å². The molecule has 0 radical (unpaired) electrons. The van der Waals surface area contributed by atoms with E-state index in [1.807, 2.05) is 0 Å². The Morgan fingerprint density at radius 1 is 1.05 bits per heavy atom. The van der Waals surface area contributed by atoms with Crippen LogP contribution >= 0.6 is 0 Å². The molecule has 0 spiro atoms. The normalized spacial score (nSPS) is 15.6. The average molecular weight is 546 g/mol. The molecule has 1 aromatic heterocycles. The summed E-state index contributed by atoms with van der Waals surface area (Å²) in [4.78, 5) is 54.9. The number of esters is 1. The Kier molecular flexibility index (Phi) is 7.53. The van der Waals surface area contributed by atoms with Crippen molar-refractivity contribution >= 4 is 35.3 Å². The van der Waals surface area contributed by atoms with E-state index in [9.17, 15) is 24.3 Å². The highest BCUT2D eigenvalue weighted by atomic mass is 16.5. The molecule has 1 atom stereocenters. The van der Waals surface area contributed by atoms with Crippen LogP contribution in [-0.4, -0.2) is 59.4 Å². The van der Waals surface area contributed by atoms with E-state index in [1.54, 1.807) is 38.1 Å². The summed E-state index contributed by atoms with van der Waals surface area (Å²) in [7, 11) is 1.38. The largest absolute Gasteiger partial charge is 0.481 e. The summed E-state index contributed by atoms with van der Waals surface area (Å²) in [5.74, 6) is -3.20. The van der Waals surface area contributed by atoms with E-state index in [0.717, 1.165) is 0 Å². The zero-order valence-corrected chi connectivity index (χ0v) is 21.9. The molecule has 1 aliphatic rings. The van der Waals surface area contributed by atoms with E-state index in [4.69, 9.17) is 20.6 Å². The quantitative estimate of drug-likeness (QED) is 0.161. The SMILES string of the molecule is COc1ccc(-c2ccc(C(=O)N[C@@H]3C(=O)OCC3(C)C)cc2C(=O)O)c(C(=O)Nc2ccc(C(=N)N)cc2)n1. The van der Waals surface area contributed by atoms with Crippen molar-refractivity contribution in [3.63, 3.8) is 0 Å². The number of anilines is 1. The number of hydrogen-bond donors (Lipinski definition) is 5. The number of carboxylic acids is 1. The fraction of sp³-hybridized carbons (Fsp3) is 0.214. The average Bonchev–Trinajstić information content (AvgIpc) is 3.19. The maximum absolute atomic E-state index is 13.3. The zero-order valence-electron chi connectivity index (χ0n) is 21.9. The number of nitrogens with zero attached hydrogens (tertiary/aromatic N) is 1. The van der Waals surface area contributed by atoms with Gasteiger partial charge in [0.2, 0.25) is 5.88 Å². The lowest BCUT2D eigenvalue weighted by molar-refractivity contribution is -0.139. The molecule has 12 nitrogen and oxygen atoms in total. The number of aromatic nitrogens is 1. The predicted molar refractivity (Wildman–Crippen MR) is 145 cm³/mol. The Hall–Kier alpha value is -5.26. The molecule has 1 fully saturated rings. The minimum atomic E-state index is -1.34. The van der Waals surface area contributed by atoms with Crippen molar-refractivity contribution in [1.29, 1.82) is 5.41 Å². The van der Waals surface area contributed by atoms with Crippen LogP contribution < -0.4 is 21.1 Å². The third kappa shape index (κ3) is 5.60. The Labute approximate surface area is 229 Å². The molecule has 2 aromatic carbocycles. The van der Waals surface area contributed by atoms with Gasteiger partial charge >= 0.3 is 11.9 Å².